The third-order valence-corrected chi connectivity index (χ3v) is 8.62. The van der Waals surface area contributed by atoms with E-state index in [1.807, 2.05) is 39.8 Å². The topological polar surface area (TPSA) is 96.0 Å². The van der Waals surface area contributed by atoms with Gasteiger partial charge in [-0.3, -0.25) is 13.9 Å². The average molecular weight is 566 g/mol. The molecule has 0 aromatic heterocycles. The van der Waals surface area contributed by atoms with Crippen LogP contribution in [-0.4, -0.2) is 50.9 Å². The smallest absolute Gasteiger partial charge is 0.264 e. The Morgan fingerprint density at radius 3 is 2.08 bits per heavy atom. The van der Waals surface area contributed by atoms with E-state index in [1.165, 1.54) is 17.0 Å². The first-order chi connectivity index (χ1) is 19.1. The van der Waals surface area contributed by atoms with Crippen molar-refractivity contribution < 1.29 is 22.7 Å². The number of amides is 2. The highest BCUT2D eigenvalue weighted by Gasteiger charge is 2.33. The monoisotopic (exact) mass is 565 g/mol. The third-order valence-electron chi connectivity index (χ3n) is 6.83. The second-order valence-corrected chi connectivity index (χ2v) is 11.6. The lowest BCUT2D eigenvalue weighted by molar-refractivity contribution is -0.140. The summed E-state index contributed by atoms with van der Waals surface area (Å²) in [7, 11) is -2.51. The molecular weight excluding hydrogens is 526 g/mol. The molecule has 1 N–H and O–H groups in total. The molecule has 9 heteroatoms. The number of benzene rings is 3. The van der Waals surface area contributed by atoms with E-state index in [1.54, 1.807) is 61.7 Å². The Bertz CT molecular complexity index is 1360. The zero-order valence-electron chi connectivity index (χ0n) is 23.8. The first kappa shape index (κ1) is 30.7. The summed E-state index contributed by atoms with van der Waals surface area (Å²) in [6.45, 7) is 7.26. The molecule has 3 aromatic rings. The van der Waals surface area contributed by atoms with Crippen LogP contribution in [0.5, 0.6) is 5.75 Å². The Labute approximate surface area is 238 Å². The summed E-state index contributed by atoms with van der Waals surface area (Å²) in [5.41, 5.74) is 2.07. The molecule has 0 bridgehead atoms. The van der Waals surface area contributed by atoms with Crippen molar-refractivity contribution >= 4 is 27.5 Å². The second kappa shape index (κ2) is 14.0. The zero-order valence-corrected chi connectivity index (χ0v) is 24.6. The number of para-hydroxylation sites is 1. The third kappa shape index (κ3) is 7.63. The van der Waals surface area contributed by atoms with Gasteiger partial charge in [0.1, 0.15) is 18.3 Å². The number of hydrogen-bond donors (Lipinski definition) is 1. The van der Waals surface area contributed by atoms with Crippen LogP contribution in [-0.2, 0) is 26.2 Å². The lowest BCUT2D eigenvalue weighted by atomic mass is 10.1. The number of anilines is 1. The molecule has 8 nitrogen and oxygen atoms in total. The van der Waals surface area contributed by atoms with Crippen molar-refractivity contribution in [1.29, 1.82) is 0 Å². The van der Waals surface area contributed by atoms with Crippen molar-refractivity contribution in [2.24, 2.45) is 0 Å². The highest BCUT2D eigenvalue weighted by Crippen LogP contribution is 2.25. The lowest BCUT2D eigenvalue weighted by Gasteiger charge is -2.33. The van der Waals surface area contributed by atoms with Crippen molar-refractivity contribution in [3.8, 4) is 5.75 Å². The lowest BCUT2D eigenvalue weighted by Crippen LogP contribution is -2.53. The minimum atomic E-state index is -4.09. The molecule has 214 valence electrons. The van der Waals surface area contributed by atoms with Crippen LogP contribution in [0.15, 0.2) is 83.8 Å². The Hall–Kier alpha value is -3.85. The molecule has 0 aliphatic rings. The van der Waals surface area contributed by atoms with Gasteiger partial charge < -0.3 is 15.0 Å². The molecule has 40 heavy (non-hydrogen) atoms. The van der Waals surface area contributed by atoms with Gasteiger partial charge in [0.15, 0.2) is 0 Å². The van der Waals surface area contributed by atoms with Gasteiger partial charge >= 0.3 is 0 Å². The minimum Gasteiger partial charge on any atom is -0.497 e. The van der Waals surface area contributed by atoms with Gasteiger partial charge in [-0.2, -0.15) is 0 Å². The van der Waals surface area contributed by atoms with Crippen molar-refractivity contribution in [2.45, 2.75) is 64.1 Å². The maximum Gasteiger partial charge on any atom is 0.264 e. The van der Waals surface area contributed by atoms with Crippen molar-refractivity contribution in [3.63, 3.8) is 0 Å². The van der Waals surface area contributed by atoms with Gasteiger partial charge in [-0.05, 0) is 68.7 Å². The predicted molar refractivity (Wildman–Crippen MR) is 158 cm³/mol. The number of carbonyl (C=O) groups excluding carboxylic acids is 2. The van der Waals surface area contributed by atoms with Crippen molar-refractivity contribution in [2.75, 3.05) is 18.0 Å². The van der Waals surface area contributed by atoms with Gasteiger partial charge in [0, 0.05) is 12.6 Å². The number of ether oxygens (including phenoxy) is 1. The molecule has 3 rings (SSSR count). The zero-order chi connectivity index (χ0) is 29.3. The Balaban J connectivity index is 2.02. The van der Waals surface area contributed by atoms with E-state index in [-0.39, 0.29) is 23.4 Å². The fraction of sp³-hybridized carbons (Fsp3) is 0.355. The van der Waals surface area contributed by atoms with Crippen LogP contribution in [0.1, 0.15) is 44.7 Å². The summed E-state index contributed by atoms with van der Waals surface area (Å²) in [6.07, 6.45) is 1.10. The van der Waals surface area contributed by atoms with E-state index in [0.717, 1.165) is 21.9 Å². The Morgan fingerprint density at radius 2 is 1.52 bits per heavy atom. The number of carbonyl (C=O) groups is 2. The molecule has 0 radical (unpaired) electrons. The van der Waals surface area contributed by atoms with Crippen molar-refractivity contribution in [1.82, 2.24) is 10.2 Å². The number of sulfonamides is 1. The standard InChI is InChI=1S/C31H39N3O5S/c1-6-24(4)32-31(36)29(7-2)33(21-25-15-17-27(39-5)18-16-25)30(35)22-34(26-11-9-8-10-12-26)40(37,38)28-19-13-23(3)14-20-28/h8-20,24,29H,6-7,21-22H2,1-5H3,(H,32,36). The molecule has 2 unspecified atom stereocenters. The average Bonchev–Trinajstić information content (AvgIpc) is 2.96. The SMILES string of the molecule is CCC(C)NC(=O)C(CC)N(Cc1ccc(OC)cc1)C(=O)CN(c1ccccc1)S(=O)(=O)c1ccc(C)cc1. The summed E-state index contributed by atoms with van der Waals surface area (Å²) in [5.74, 6) is -0.0875. The summed E-state index contributed by atoms with van der Waals surface area (Å²) < 4.78 is 34.1. The highest BCUT2D eigenvalue weighted by atomic mass is 32.2. The molecule has 3 aromatic carbocycles. The summed E-state index contributed by atoms with van der Waals surface area (Å²) in [5, 5.41) is 2.98. The minimum absolute atomic E-state index is 0.0674. The number of nitrogens with one attached hydrogen (secondary N) is 1. The van der Waals surface area contributed by atoms with Crippen LogP contribution in [0, 0.1) is 6.92 Å². The van der Waals surface area contributed by atoms with Gasteiger partial charge in [-0.25, -0.2) is 8.42 Å². The number of aryl methyl sites for hydroxylation is 1. The van der Waals surface area contributed by atoms with E-state index in [4.69, 9.17) is 4.74 Å². The van der Waals surface area contributed by atoms with Crippen molar-refractivity contribution in [3.05, 3.63) is 90.0 Å². The first-order valence-electron chi connectivity index (χ1n) is 13.5. The van der Waals surface area contributed by atoms with Crippen LogP contribution < -0.4 is 14.4 Å². The van der Waals surface area contributed by atoms with E-state index in [9.17, 15) is 18.0 Å². The van der Waals surface area contributed by atoms with Crippen LogP contribution in [0.2, 0.25) is 0 Å². The Morgan fingerprint density at radius 1 is 0.900 bits per heavy atom. The summed E-state index contributed by atoms with van der Waals surface area (Å²) in [6, 6.07) is 21.4. The second-order valence-electron chi connectivity index (χ2n) is 9.77. The molecular formula is C31H39N3O5S. The summed E-state index contributed by atoms with van der Waals surface area (Å²) >= 11 is 0. The normalized spacial score (nSPS) is 12.7. The highest BCUT2D eigenvalue weighted by molar-refractivity contribution is 7.92. The number of nitrogens with zero attached hydrogens (tertiary/aromatic N) is 2. The maximum atomic E-state index is 14.1. The van der Waals surface area contributed by atoms with Gasteiger partial charge in [0.25, 0.3) is 10.0 Å². The number of hydrogen-bond acceptors (Lipinski definition) is 5. The van der Waals surface area contributed by atoms with Crippen LogP contribution in [0.25, 0.3) is 0 Å². The quantitative estimate of drug-likeness (QED) is 0.317. The molecule has 0 spiro atoms. The number of rotatable bonds is 13. The molecule has 0 saturated carbocycles. The summed E-state index contributed by atoms with van der Waals surface area (Å²) in [4.78, 5) is 28.9. The molecule has 2 amide bonds. The molecule has 0 saturated heterocycles. The fourth-order valence-electron chi connectivity index (χ4n) is 4.25. The molecule has 0 aliphatic carbocycles. The van der Waals surface area contributed by atoms with Crippen LogP contribution in [0.4, 0.5) is 5.69 Å². The maximum absolute atomic E-state index is 14.1. The molecule has 2 atom stereocenters. The van der Waals surface area contributed by atoms with E-state index in [0.29, 0.717) is 17.9 Å². The molecule has 0 aliphatic heterocycles. The van der Waals surface area contributed by atoms with Gasteiger partial charge in [-0.1, -0.05) is 61.9 Å². The fourth-order valence-corrected chi connectivity index (χ4v) is 5.66. The predicted octanol–water partition coefficient (Wildman–Crippen LogP) is 4.92. The van der Waals surface area contributed by atoms with Gasteiger partial charge in [0.05, 0.1) is 17.7 Å². The Kier molecular flexibility index (Phi) is 10.7. The van der Waals surface area contributed by atoms with Gasteiger partial charge in [0.2, 0.25) is 11.8 Å². The molecule has 0 fully saturated rings. The largest absolute Gasteiger partial charge is 0.497 e. The van der Waals surface area contributed by atoms with E-state index >= 15 is 0 Å². The first-order valence-corrected chi connectivity index (χ1v) is 14.9. The molecule has 0 heterocycles. The van der Waals surface area contributed by atoms with E-state index in [2.05, 4.69) is 5.32 Å². The van der Waals surface area contributed by atoms with E-state index < -0.39 is 28.5 Å². The van der Waals surface area contributed by atoms with Gasteiger partial charge in [-0.15, -0.1) is 0 Å². The van der Waals surface area contributed by atoms with Crippen LogP contribution >= 0.6 is 0 Å². The van der Waals surface area contributed by atoms with Crippen LogP contribution in [0.3, 0.4) is 0 Å². The number of methoxy groups -OCH3 is 1.